The van der Waals surface area contributed by atoms with E-state index in [2.05, 4.69) is 27.3 Å². The van der Waals surface area contributed by atoms with Crippen LogP contribution in [0.3, 0.4) is 0 Å². The van der Waals surface area contributed by atoms with Gasteiger partial charge in [0.05, 0.1) is 13.2 Å². The van der Waals surface area contributed by atoms with Crippen molar-refractivity contribution in [2.45, 2.75) is 44.2 Å². The molecule has 112 valence electrons. The zero-order chi connectivity index (χ0) is 14.4. The Bertz CT molecular complexity index is 419. The molecular formula is C16H24BrNO2. The number of benzene rings is 1. The van der Waals surface area contributed by atoms with Crippen molar-refractivity contribution in [2.75, 3.05) is 20.8 Å². The van der Waals surface area contributed by atoms with Crippen LogP contribution < -0.4 is 10.1 Å². The number of methoxy groups -OCH3 is 1. The van der Waals surface area contributed by atoms with Gasteiger partial charge < -0.3 is 14.8 Å². The molecule has 0 spiro atoms. The van der Waals surface area contributed by atoms with Crippen molar-refractivity contribution in [2.24, 2.45) is 0 Å². The molecule has 0 aliphatic carbocycles. The van der Waals surface area contributed by atoms with E-state index in [-0.39, 0.29) is 0 Å². The fraction of sp³-hybridized carbons (Fsp3) is 0.625. The summed E-state index contributed by atoms with van der Waals surface area (Å²) in [6.07, 6.45) is 6.38. The lowest BCUT2D eigenvalue weighted by atomic mass is 9.97. The van der Waals surface area contributed by atoms with Crippen LogP contribution in [0.1, 0.15) is 43.7 Å². The molecule has 2 unspecified atom stereocenters. The van der Waals surface area contributed by atoms with Gasteiger partial charge in [0.25, 0.3) is 0 Å². The normalized spacial score (nSPS) is 20.6. The first-order valence-corrected chi connectivity index (χ1v) is 8.16. The highest BCUT2D eigenvalue weighted by atomic mass is 79.9. The van der Waals surface area contributed by atoms with E-state index < -0.39 is 0 Å². The van der Waals surface area contributed by atoms with E-state index in [0.717, 1.165) is 29.7 Å². The van der Waals surface area contributed by atoms with E-state index in [0.29, 0.717) is 12.1 Å². The lowest BCUT2D eigenvalue weighted by Crippen LogP contribution is -2.23. The number of nitrogens with one attached hydrogen (secondary N) is 1. The Hall–Kier alpha value is -0.580. The van der Waals surface area contributed by atoms with Crippen LogP contribution in [-0.4, -0.2) is 26.9 Å². The van der Waals surface area contributed by atoms with Gasteiger partial charge in [-0.05, 0) is 56.8 Å². The van der Waals surface area contributed by atoms with Crippen molar-refractivity contribution < 1.29 is 9.47 Å². The minimum absolute atomic E-state index is 0.348. The second kappa shape index (κ2) is 8.01. The molecule has 0 amide bonds. The van der Waals surface area contributed by atoms with E-state index in [1.165, 1.54) is 24.8 Å². The second-order valence-electron chi connectivity index (χ2n) is 5.29. The molecule has 4 heteroatoms. The zero-order valence-electron chi connectivity index (χ0n) is 12.3. The molecule has 2 atom stereocenters. The Morgan fingerprint density at radius 2 is 2.30 bits per heavy atom. The van der Waals surface area contributed by atoms with Gasteiger partial charge in [-0.3, -0.25) is 0 Å². The smallest absolute Gasteiger partial charge is 0.120 e. The van der Waals surface area contributed by atoms with Crippen LogP contribution in [0, 0.1) is 0 Å². The minimum Gasteiger partial charge on any atom is -0.497 e. The largest absolute Gasteiger partial charge is 0.497 e. The molecule has 1 aromatic carbocycles. The summed E-state index contributed by atoms with van der Waals surface area (Å²) < 4.78 is 12.2. The number of ether oxygens (including phenoxy) is 2. The summed E-state index contributed by atoms with van der Waals surface area (Å²) in [5, 5.41) is 3.41. The monoisotopic (exact) mass is 341 g/mol. The van der Waals surface area contributed by atoms with Crippen molar-refractivity contribution in [3.05, 3.63) is 28.2 Å². The van der Waals surface area contributed by atoms with Gasteiger partial charge in [0, 0.05) is 17.1 Å². The van der Waals surface area contributed by atoms with Gasteiger partial charge in [-0.2, -0.15) is 0 Å². The molecule has 1 aliphatic rings. The lowest BCUT2D eigenvalue weighted by molar-refractivity contribution is 0.00865. The number of rotatable bonds is 6. The van der Waals surface area contributed by atoms with Crippen molar-refractivity contribution >= 4 is 15.9 Å². The molecule has 0 bridgehead atoms. The number of hydrogen-bond acceptors (Lipinski definition) is 3. The van der Waals surface area contributed by atoms with E-state index >= 15 is 0 Å². The topological polar surface area (TPSA) is 30.5 Å². The maximum atomic E-state index is 5.82. The molecule has 1 aromatic rings. The standard InChI is InChI=1S/C16H24BrNO2/c1-18-16(9-7-12-5-3-4-10-20-12)14-8-6-13(19-2)11-15(14)17/h6,8,11-12,16,18H,3-5,7,9-10H2,1-2H3. The molecule has 1 heterocycles. The Balaban J connectivity index is 1.96. The molecule has 1 fully saturated rings. The third-order valence-corrected chi connectivity index (χ3v) is 4.67. The van der Waals surface area contributed by atoms with Crippen molar-refractivity contribution in [1.29, 1.82) is 0 Å². The Kier molecular flexibility index (Phi) is 6.33. The Labute approximate surface area is 130 Å². The summed E-state index contributed by atoms with van der Waals surface area (Å²) >= 11 is 3.64. The maximum absolute atomic E-state index is 5.82. The highest BCUT2D eigenvalue weighted by Gasteiger charge is 2.18. The van der Waals surface area contributed by atoms with Crippen molar-refractivity contribution in [3.8, 4) is 5.75 Å². The molecule has 2 rings (SSSR count). The van der Waals surface area contributed by atoms with E-state index in [9.17, 15) is 0 Å². The van der Waals surface area contributed by atoms with Gasteiger partial charge in [0.2, 0.25) is 0 Å². The molecular weight excluding hydrogens is 318 g/mol. The second-order valence-corrected chi connectivity index (χ2v) is 6.15. The van der Waals surface area contributed by atoms with Crippen LogP contribution in [0.25, 0.3) is 0 Å². The average molecular weight is 342 g/mol. The SMILES string of the molecule is CNC(CCC1CCCCO1)c1ccc(OC)cc1Br. The molecule has 0 aromatic heterocycles. The summed E-state index contributed by atoms with van der Waals surface area (Å²) in [6, 6.07) is 6.52. The van der Waals surface area contributed by atoms with E-state index in [4.69, 9.17) is 9.47 Å². The van der Waals surface area contributed by atoms with Crippen LogP contribution in [0.4, 0.5) is 0 Å². The predicted molar refractivity (Wildman–Crippen MR) is 85.3 cm³/mol. The van der Waals surface area contributed by atoms with Crippen molar-refractivity contribution in [3.63, 3.8) is 0 Å². The summed E-state index contributed by atoms with van der Waals surface area (Å²) in [7, 11) is 3.71. The number of hydrogen-bond donors (Lipinski definition) is 1. The quantitative estimate of drug-likeness (QED) is 0.845. The van der Waals surface area contributed by atoms with Crippen LogP contribution in [0.2, 0.25) is 0 Å². The van der Waals surface area contributed by atoms with Crippen LogP contribution in [0.15, 0.2) is 22.7 Å². The molecule has 0 saturated carbocycles. The zero-order valence-corrected chi connectivity index (χ0v) is 13.9. The van der Waals surface area contributed by atoms with Gasteiger partial charge in [-0.15, -0.1) is 0 Å². The molecule has 1 saturated heterocycles. The lowest BCUT2D eigenvalue weighted by Gasteiger charge is -2.25. The first-order valence-electron chi connectivity index (χ1n) is 7.37. The molecule has 1 aliphatic heterocycles. The molecule has 20 heavy (non-hydrogen) atoms. The highest BCUT2D eigenvalue weighted by Crippen LogP contribution is 2.31. The summed E-state index contributed by atoms with van der Waals surface area (Å²) in [4.78, 5) is 0. The molecule has 1 N–H and O–H groups in total. The Morgan fingerprint density at radius 1 is 1.45 bits per heavy atom. The van der Waals surface area contributed by atoms with E-state index in [1.54, 1.807) is 7.11 Å². The fourth-order valence-electron chi connectivity index (χ4n) is 2.76. The van der Waals surface area contributed by atoms with Gasteiger partial charge in [-0.1, -0.05) is 22.0 Å². The van der Waals surface area contributed by atoms with Crippen LogP contribution in [0.5, 0.6) is 5.75 Å². The molecule has 0 radical (unpaired) electrons. The minimum atomic E-state index is 0.348. The fourth-order valence-corrected chi connectivity index (χ4v) is 3.39. The van der Waals surface area contributed by atoms with Crippen LogP contribution in [-0.2, 0) is 4.74 Å². The summed E-state index contributed by atoms with van der Waals surface area (Å²) in [6.45, 7) is 0.932. The third kappa shape index (κ3) is 4.21. The van der Waals surface area contributed by atoms with Gasteiger partial charge >= 0.3 is 0 Å². The maximum Gasteiger partial charge on any atom is 0.120 e. The van der Waals surface area contributed by atoms with Crippen LogP contribution >= 0.6 is 15.9 Å². The predicted octanol–water partition coefficient (Wildman–Crippen LogP) is 4.07. The van der Waals surface area contributed by atoms with Gasteiger partial charge in [0.1, 0.15) is 5.75 Å². The van der Waals surface area contributed by atoms with Crippen molar-refractivity contribution in [1.82, 2.24) is 5.32 Å². The summed E-state index contributed by atoms with van der Waals surface area (Å²) in [5.74, 6) is 0.881. The average Bonchev–Trinajstić information content (AvgIpc) is 2.50. The van der Waals surface area contributed by atoms with E-state index in [1.807, 2.05) is 19.2 Å². The van der Waals surface area contributed by atoms with Gasteiger partial charge in [0.15, 0.2) is 0 Å². The van der Waals surface area contributed by atoms with Gasteiger partial charge in [-0.25, -0.2) is 0 Å². The first-order chi connectivity index (χ1) is 9.74. The first kappa shape index (κ1) is 15.8. The summed E-state index contributed by atoms with van der Waals surface area (Å²) in [5.41, 5.74) is 1.28. The molecule has 3 nitrogen and oxygen atoms in total. The third-order valence-electron chi connectivity index (χ3n) is 3.98. The number of halogens is 1. The highest BCUT2D eigenvalue weighted by molar-refractivity contribution is 9.10. The Morgan fingerprint density at radius 3 is 2.90 bits per heavy atom.